The van der Waals surface area contributed by atoms with Crippen LogP contribution < -0.4 is 14.8 Å². The molecule has 6 heteroatoms. The maximum absolute atomic E-state index is 12.3. The average Bonchev–Trinajstić information content (AvgIpc) is 2.96. The lowest BCUT2D eigenvalue weighted by Crippen LogP contribution is -2.19. The molecule has 3 aromatic rings. The number of fused-ring (bicyclic) bond motifs is 2. The lowest BCUT2D eigenvalue weighted by molar-refractivity contribution is -0.116. The minimum Gasteiger partial charge on any atom is -0.486 e. The van der Waals surface area contributed by atoms with Crippen molar-refractivity contribution in [3.8, 4) is 11.5 Å². The Hall–Kier alpha value is -2.66. The third kappa shape index (κ3) is 2.90. The molecule has 0 radical (unpaired) electrons. The van der Waals surface area contributed by atoms with Gasteiger partial charge < -0.3 is 19.4 Å². The molecule has 1 amide bonds. The fourth-order valence-corrected chi connectivity index (χ4v) is 2.97. The fraction of sp³-hybridized carbons (Fsp3) is 0.167. The standard InChI is InChI=1S/C18H15ClN2O3/c19-13-1-3-15-12(9-13)5-6-21(15)11-18(22)20-14-2-4-16-17(10-14)24-8-7-23-16/h1-6,9-10H,7-8,11H2,(H,20,22). The molecule has 0 atom stereocenters. The Morgan fingerprint density at radius 2 is 1.92 bits per heavy atom. The van der Waals surface area contributed by atoms with E-state index in [1.54, 1.807) is 18.2 Å². The van der Waals surface area contributed by atoms with Gasteiger partial charge in [-0.05, 0) is 36.4 Å². The molecule has 2 heterocycles. The van der Waals surface area contributed by atoms with Crippen LogP contribution in [0, 0.1) is 0 Å². The molecule has 0 fully saturated rings. The molecule has 122 valence electrons. The Morgan fingerprint density at radius 3 is 2.79 bits per heavy atom. The van der Waals surface area contributed by atoms with E-state index in [0.29, 0.717) is 35.4 Å². The van der Waals surface area contributed by atoms with Gasteiger partial charge in [-0.15, -0.1) is 0 Å². The summed E-state index contributed by atoms with van der Waals surface area (Å²) in [7, 11) is 0. The highest BCUT2D eigenvalue weighted by Gasteiger charge is 2.13. The molecule has 1 aliphatic rings. The fourth-order valence-electron chi connectivity index (χ4n) is 2.79. The van der Waals surface area contributed by atoms with Crippen molar-refractivity contribution >= 4 is 34.1 Å². The van der Waals surface area contributed by atoms with E-state index in [1.807, 2.05) is 35.0 Å². The molecule has 0 saturated heterocycles. The lowest BCUT2D eigenvalue weighted by atomic mass is 10.2. The maximum Gasteiger partial charge on any atom is 0.244 e. The van der Waals surface area contributed by atoms with Crippen LogP contribution in [0.4, 0.5) is 5.69 Å². The second kappa shape index (κ2) is 6.09. The molecular formula is C18H15ClN2O3. The first-order valence-corrected chi connectivity index (χ1v) is 8.01. The van der Waals surface area contributed by atoms with Gasteiger partial charge in [-0.25, -0.2) is 0 Å². The van der Waals surface area contributed by atoms with Crippen molar-refractivity contribution in [1.82, 2.24) is 4.57 Å². The topological polar surface area (TPSA) is 52.5 Å². The van der Waals surface area contributed by atoms with Gasteiger partial charge in [-0.3, -0.25) is 4.79 Å². The summed E-state index contributed by atoms with van der Waals surface area (Å²) in [5, 5.41) is 4.58. The van der Waals surface area contributed by atoms with Crippen LogP contribution in [-0.4, -0.2) is 23.7 Å². The van der Waals surface area contributed by atoms with E-state index >= 15 is 0 Å². The van der Waals surface area contributed by atoms with Gasteiger partial charge >= 0.3 is 0 Å². The van der Waals surface area contributed by atoms with Crippen molar-refractivity contribution in [2.75, 3.05) is 18.5 Å². The summed E-state index contributed by atoms with van der Waals surface area (Å²) in [6.45, 7) is 1.28. The van der Waals surface area contributed by atoms with Crippen LogP contribution in [0.15, 0.2) is 48.7 Å². The number of nitrogens with zero attached hydrogens (tertiary/aromatic N) is 1. The smallest absolute Gasteiger partial charge is 0.244 e. The van der Waals surface area contributed by atoms with Gasteiger partial charge in [0.05, 0.1) is 0 Å². The van der Waals surface area contributed by atoms with Crippen molar-refractivity contribution < 1.29 is 14.3 Å². The van der Waals surface area contributed by atoms with Crippen molar-refractivity contribution in [2.24, 2.45) is 0 Å². The summed E-state index contributed by atoms with van der Waals surface area (Å²) in [6.07, 6.45) is 1.88. The van der Waals surface area contributed by atoms with Gasteiger partial charge in [0.25, 0.3) is 0 Å². The average molecular weight is 343 g/mol. The predicted molar refractivity (Wildman–Crippen MR) is 93.0 cm³/mol. The zero-order chi connectivity index (χ0) is 16.5. The summed E-state index contributed by atoms with van der Waals surface area (Å²) in [4.78, 5) is 12.3. The molecule has 1 N–H and O–H groups in total. The monoisotopic (exact) mass is 342 g/mol. The Morgan fingerprint density at radius 1 is 1.08 bits per heavy atom. The highest BCUT2D eigenvalue weighted by atomic mass is 35.5. The van der Waals surface area contributed by atoms with Gasteiger partial charge in [0, 0.05) is 33.9 Å². The largest absolute Gasteiger partial charge is 0.486 e. The Balaban J connectivity index is 1.50. The van der Waals surface area contributed by atoms with Crippen molar-refractivity contribution in [2.45, 2.75) is 6.54 Å². The molecule has 4 rings (SSSR count). The molecule has 0 spiro atoms. The normalized spacial score (nSPS) is 13.0. The van der Waals surface area contributed by atoms with E-state index in [-0.39, 0.29) is 12.5 Å². The van der Waals surface area contributed by atoms with Gasteiger partial charge in [0.2, 0.25) is 5.91 Å². The van der Waals surface area contributed by atoms with Crippen molar-refractivity contribution in [3.05, 3.63) is 53.7 Å². The molecule has 5 nitrogen and oxygen atoms in total. The second-order valence-electron chi connectivity index (χ2n) is 5.55. The third-order valence-corrected chi connectivity index (χ3v) is 4.11. The van der Waals surface area contributed by atoms with E-state index in [0.717, 1.165) is 10.9 Å². The highest BCUT2D eigenvalue weighted by molar-refractivity contribution is 6.31. The zero-order valence-electron chi connectivity index (χ0n) is 12.8. The van der Waals surface area contributed by atoms with Crippen LogP contribution in [-0.2, 0) is 11.3 Å². The van der Waals surface area contributed by atoms with E-state index in [4.69, 9.17) is 21.1 Å². The number of halogens is 1. The molecule has 0 unspecified atom stereocenters. The van der Waals surface area contributed by atoms with Gasteiger partial charge in [0.1, 0.15) is 19.8 Å². The highest BCUT2D eigenvalue weighted by Crippen LogP contribution is 2.32. The number of anilines is 1. The summed E-state index contributed by atoms with van der Waals surface area (Å²) >= 11 is 5.99. The Labute approximate surface area is 143 Å². The number of ether oxygens (including phenoxy) is 2. The number of hydrogen-bond donors (Lipinski definition) is 1. The number of rotatable bonds is 3. The minimum absolute atomic E-state index is 0.112. The minimum atomic E-state index is -0.112. The number of carbonyl (C=O) groups is 1. The first-order chi connectivity index (χ1) is 11.7. The number of benzene rings is 2. The molecule has 0 bridgehead atoms. The number of aromatic nitrogens is 1. The van der Waals surface area contributed by atoms with Gasteiger partial charge in [-0.1, -0.05) is 11.6 Å². The summed E-state index contributed by atoms with van der Waals surface area (Å²) in [5.74, 6) is 1.24. The lowest BCUT2D eigenvalue weighted by Gasteiger charge is -2.19. The van der Waals surface area contributed by atoms with Crippen LogP contribution in [0.1, 0.15) is 0 Å². The number of amides is 1. The van der Waals surface area contributed by atoms with Crippen LogP contribution in [0.5, 0.6) is 11.5 Å². The van der Waals surface area contributed by atoms with Crippen LogP contribution in [0.25, 0.3) is 10.9 Å². The van der Waals surface area contributed by atoms with E-state index in [1.165, 1.54) is 0 Å². The van der Waals surface area contributed by atoms with Gasteiger partial charge in [-0.2, -0.15) is 0 Å². The molecule has 1 aromatic heterocycles. The maximum atomic E-state index is 12.3. The second-order valence-corrected chi connectivity index (χ2v) is 5.99. The summed E-state index contributed by atoms with van der Waals surface area (Å²) in [6, 6.07) is 12.9. The molecule has 0 saturated carbocycles. The zero-order valence-corrected chi connectivity index (χ0v) is 13.5. The van der Waals surface area contributed by atoms with Crippen molar-refractivity contribution in [1.29, 1.82) is 0 Å². The van der Waals surface area contributed by atoms with E-state index in [9.17, 15) is 4.79 Å². The molecule has 0 aliphatic carbocycles. The predicted octanol–water partition coefficient (Wildman–Crippen LogP) is 3.70. The van der Waals surface area contributed by atoms with E-state index in [2.05, 4.69) is 5.32 Å². The molecule has 1 aliphatic heterocycles. The van der Waals surface area contributed by atoms with Crippen LogP contribution >= 0.6 is 11.6 Å². The summed E-state index contributed by atoms with van der Waals surface area (Å²) < 4.78 is 12.9. The third-order valence-electron chi connectivity index (χ3n) is 3.87. The van der Waals surface area contributed by atoms with Crippen molar-refractivity contribution in [3.63, 3.8) is 0 Å². The quantitative estimate of drug-likeness (QED) is 0.789. The molecular weight excluding hydrogens is 328 g/mol. The number of nitrogens with one attached hydrogen (secondary N) is 1. The number of hydrogen-bond acceptors (Lipinski definition) is 3. The Kier molecular flexibility index (Phi) is 3.78. The summed E-state index contributed by atoms with van der Waals surface area (Å²) in [5.41, 5.74) is 1.65. The number of carbonyl (C=O) groups excluding carboxylic acids is 1. The first kappa shape index (κ1) is 14.9. The molecule has 24 heavy (non-hydrogen) atoms. The first-order valence-electron chi connectivity index (χ1n) is 7.63. The molecule has 2 aromatic carbocycles. The van der Waals surface area contributed by atoms with E-state index < -0.39 is 0 Å². The van der Waals surface area contributed by atoms with Gasteiger partial charge in [0.15, 0.2) is 11.5 Å². The van der Waals surface area contributed by atoms with Crippen LogP contribution in [0.3, 0.4) is 0 Å². The Bertz CT molecular complexity index is 920. The SMILES string of the molecule is O=C(Cn1ccc2cc(Cl)ccc21)Nc1ccc2c(c1)OCCO2. The van der Waals surface area contributed by atoms with Crippen LogP contribution in [0.2, 0.25) is 5.02 Å².